The SMILES string of the molecule is c1ncc(OCC2CCCN2)cn1. The van der Waals surface area contributed by atoms with Crippen LogP contribution in [0.3, 0.4) is 0 Å². The molecule has 0 amide bonds. The highest BCUT2D eigenvalue weighted by Crippen LogP contribution is 2.09. The minimum atomic E-state index is 0.500. The molecule has 1 aromatic rings. The van der Waals surface area contributed by atoms with E-state index in [0.29, 0.717) is 12.6 Å². The number of ether oxygens (including phenoxy) is 1. The summed E-state index contributed by atoms with van der Waals surface area (Å²) in [5, 5.41) is 3.36. The zero-order valence-corrected chi connectivity index (χ0v) is 7.44. The largest absolute Gasteiger partial charge is 0.489 e. The Hall–Kier alpha value is -1.16. The summed E-state index contributed by atoms with van der Waals surface area (Å²) in [4.78, 5) is 7.75. The number of nitrogens with one attached hydrogen (secondary N) is 1. The van der Waals surface area contributed by atoms with Crippen molar-refractivity contribution in [2.45, 2.75) is 18.9 Å². The van der Waals surface area contributed by atoms with Gasteiger partial charge in [0.25, 0.3) is 0 Å². The van der Waals surface area contributed by atoms with Crippen molar-refractivity contribution >= 4 is 0 Å². The average molecular weight is 179 g/mol. The van der Waals surface area contributed by atoms with Crippen LogP contribution in [0.1, 0.15) is 12.8 Å². The van der Waals surface area contributed by atoms with Crippen molar-refractivity contribution in [1.29, 1.82) is 0 Å². The molecule has 0 bridgehead atoms. The topological polar surface area (TPSA) is 47.0 Å². The Kier molecular flexibility index (Phi) is 2.72. The van der Waals surface area contributed by atoms with Gasteiger partial charge in [-0.3, -0.25) is 0 Å². The smallest absolute Gasteiger partial charge is 0.155 e. The first kappa shape index (κ1) is 8.44. The Balaban J connectivity index is 1.79. The number of hydrogen-bond acceptors (Lipinski definition) is 4. The highest BCUT2D eigenvalue weighted by atomic mass is 16.5. The van der Waals surface area contributed by atoms with Gasteiger partial charge in [-0.2, -0.15) is 0 Å². The van der Waals surface area contributed by atoms with Crippen LogP contribution >= 0.6 is 0 Å². The van der Waals surface area contributed by atoms with Crippen LogP contribution in [0, 0.1) is 0 Å². The summed E-state index contributed by atoms with van der Waals surface area (Å²) in [6.45, 7) is 1.83. The van der Waals surface area contributed by atoms with Crippen LogP contribution in [0.25, 0.3) is 0 Å². The molecule has 1 fully saturated rings. The summed E-state index contributed by atoms with van der Waals surface area (Å²) < 4.78 is 5.50. The molecular weight excluding hydrogens is 166 g/mol. The van der Waals surface area contributed by atoms with E-state index in [4.69, 9.17) is 4.74 Å². The lowest BCUT2D eigenvalue weighted by atomic mass is 10.2. The van der Waals surface area contributed by atoms with Gasteiger partial charge in [-0.05, 0) is 19.4 Å². The van der Waals surface area contributed by atoms with Gasteiger partial charge in [0.2, 0.25) is 0 Å². The van der Waals surface area contributed by atoms with E-state index in [1.807, 2.05) is 0 Å². The van der Waals surface area contributed by atoms with E-state index in [-0.39, 0.29) is 0 Å². The molecule has 1 aliphatic heterocycles. The Morgan fingerprint density at radius 3 is 3.00 bits per heavy atom. The summed E-state index contributed by atoms with van der Waals surface area (Å²) in [5.41, 5.74) is 0. The maximum Gasteiger partial charge on any atom is 0.155 e. The standard InChI is InChI=1S/C9H13N3O/c1-2-8(12-3-1)6-13-9-4-10-7-11-5-9/h4-5,7-8,12H,1-3,6H2. The molecule has 13 heavy (non-hydrogen) atoms. The fourth-order valence-corrected chi connectivity index (χ4v) is 1.46. The summed E-state index contributed by atoms with van der Waals surface area (Å²) in [6.07, 6.45) is 7.32. The predicted octanol–water partition coefficient (Wildman–Crippen LogP) is 0.607. The van der Waals surface area contributed by atoms with Crippen LogP contribution in [0.15, 0.2) is 18.7 Å². The molecule has 0 spiro atoms. The van der Waals surface area contributed by atoms with Gasteiger partial charge in [-0.25, -0.2) is 9.97 Å². The molecule has 4 nitrogen and oxygen atoms in total. The Morgan fingerprint density at radius 2 is 2.31 bits per heavy atom. The number of hydrogen-bond donors (Lipinski definition) is 1. The number of rotatable bonds is 3. The van der Waals surface area contributed by atoms with Crippen LogP contribution in [0.5, 0.6) is 5.75 Å². The number of aromatic nitrogens is 2. The maximum atomic E-state index is 5.50. The first-order chi connectivity index (χ1) is 6.45. The third kappa shape index (κ3) is 2.39. The lowest BCUT2D eigenvalue weighted by Gasteiger charge is -2.10. The summed E-state index contributed by atoms with van der Waals surface area (Å²) in [5.74, 6) is 0.746. The molecule has 70 valence electrons. The van der Waals surface area contributed by atoms with Crippen LogP contribution in [0.2, 0.25) is 0 Å². The molecule has 0 radical (unpaired) electrons. The molecule has 1 atom stereocenters. The van der Waals surface area contributed by atoms with Crippen molar-refractivity contribution in [3.8, 4) is 5.75 Å². The van der Waals surface area contributed by atoms with Crippen LogP contribution < -0.4 is 10.1 Å². The van der Waals surface area contributed by atoms with Crippen LogP contribution in [-0.4, -0.2) is 29.2 Å². The van der Waals surface area contributed by atoms with Crippen molar-refractivity contribution in [3.05, 3.63) is 18.7 Å². The molecule has 0 aromatic carbocycles. The van der Waals surface area contributed by atoms with Gasteiger partial charge in [0.15, 0.2) is 5.75 Å². The second-order valence-electron chi connectivity index (χ2n) is 3.18. The van der Waals surface area contributed by atoms with E-state index in [0.717, 1.165) is 12.3 Å². The average Bonchev–Trinajstić information content (AvgIpc) is 2.69. The molecule has 1 saturated heterocycles. The summed E-state index contributed by atoms with van der Waals surface area (Å²) in [6, 6.07) is 0.500. The first-order valence-electron chi connectivity index (χ1n) is 4.56. The van der Waals surface area contributed by atoms with E-state index >= 15 is 0 Å². The molecule has 1 unspecified atom stereocenters. The predicted molar refractivity (Wildman–Crippen MR) is 48.6 cm³/mol. The highest BCUT2D eigenvalue weighted by molar-refractivity contribution is 5.10. The maximum absolute atomic E-state index is 5.50. The fraction of sp³-hybridized carbons (Fsp3) is 0.556. The molecule has 1 aliphatic rings. The van der Waals surface area contributed by atoms with Gasteiger partial charge in [0, 0.05) is 6.04 Å². The lowest BCUT2D eigenvalue weighted by Crippen LogP contribution is -2.28. The molecule has 0 saturated carbocycles. The monoisotopic (exact) mass is 179 g/mol. The molecule has 0 aliphatic carbocycles. The second kappa shape index (κ2) is 4.18. The third-order valence-electron chi connectivity index (χ3n) is 2.15. The molecule has 4 heteroatoms. The van der Waals surface area contributed by atoms with Crippen LogP contribution in [0.4, 0.5) is 0 Å². The van der Waals surface area contributed by atoms with Gasteiger partial charge in [-0.15, -0.1) is 0 Å². The Bertz CT molecular complexity index is 246. The van der Waals surface area contributed by atoms with Crippen molar-refractivity contribution in [2.75, 3.05) is 13.2 Å². The zero-order valence-electron chi connectivity index (χ0n) is 7.44. The molecule has 2 heterocycles. The second-order valence-corrected chi connectivity index (χ2v) is 3.18. The van der Waals surface area contributed by atoms with Crippen molar-refractivity contribution in [1.82, 2.24) is 15.3 Å². The Morgan fingerprint density at radius 1 is 1.46 bits per heavy atom. The van der Waals surface area contributed by atoms with E-state index in [1.165, 1.54) is 19.2 Å². The molecular formula is C9H13N3O. The van der Waals surface area contributed by atoms with E-state index in [2.05, 4.69) is 15.3 Å². The van der Waals surface area contributed by atoms with Gasteiger partial charge in [0.1, 0.15) is 12.9 Å². The van der Waals surface area contributed by atoms with Gasteiger partial charge in [0.05, 0.1) is 12.4 Å². The third-order valence-corrected chi connectivity index (χ3v) is 2.15. The summed E-state index contributed by atoms with van der Waals surface area (Å²) >= 11 is 0. The van der Waals surface area contributed by atoms with E-state index < -0.39 is 0 Å². The molecule has 2 rings (SSSR count). The lowest BCUT2D eigenvalue weighted by molar-refractivity contribution is 0.275. The van der Waals surface area contributed by atoms with E-state index in [9.17, 15) is 0 Å². The summed E-state index contributed by atoms with van der Waals surface area (Å²) in [7, 11) is 0. The fourth-order valence-electron chi connectivity index (χ4n) is 1.46. The zero-order chi connectivity index (χ0) is 8.93. The minimum absolute atomic E-state index is 0.500. The van der Waals surface area contributed by atoms with E-state index in [1.54, 1.807) is 12.4 Å². The van der Waals surface area contributed by atoms with Crippen molar-refractivity contribution in [2.24, 2.45) is 0 Å². The Labute approximate surface area is 77.4 Å². The van der Waals surface area contributed by atoms with Gasteiger partial charge >= 0.3 is 0 Å². The molecule has 1 N–H and O–H groups in total. The van der Waals surface area contributed by atoms with Crippen molar-refractivity contribution in [3.63, 3.8) is 0 Å². The quantitative estimate of drug-likeness (QED) is 0.738. The van der Waals surface area contributed by atoms with Gasteiger partial charge < -0.3 is 10.1 Å². The van der Waals surface area contributed by atoms with Gasteiger partial charge in [-0.1, -0.05) is 0 Å². The number of nitrogens with zero attached hydrogens (tertiary/aromatic N) is 2. The van der Waals surface area contributed by atoms with Crippen LogP contribution in [-0.2, 0) is 0 Å². The first-order valence-corrected chi connectivity index (χ1v) is 4.56. The molecule has 1 aromatic heterocycles. The minimum Gasteiger partial charge on any atom is -0.489 e. The highest BCUT2D eigenvalue weighted by Gasteiger charge is 2.14. The van der Waals surface area contributed by atoms with Crippen molar-refractivity contribution < 1.29 is 4.74 Å². The normalized spacial score (nSPS) is 21.7.